The van der Waals surface area contributed by atoms with Gasteiger partial charge in [0.2, 0.25) is 11.8 Å². The van der Waals surface area contributed by atoms with E-state index in [-0.39, 0.29) is 24.4 Å². The van der Waals surface area contributed by atoms with Gasteiger partial charge in [0.15, 0.2) is 0 Å². The number of nitrogens with zero attached hydrogens (tertiary/aromatic N) is 1. The van der Waals surface area contributed by atoms with Crippen LogP contribution in [0, 0.1) is 0 Å². The van der Waals surface area contributed by atoms with E-state index in [2.05, 4.69) is 21.2 Å². The number of carbonyl (C=O) groups is 2. The van der Waals surface area contributed by atoms with Gasteiger partial charge < -0.3 is 10.2 Å². The van der Waals surface area contributed by atoms with E-state index in [1.165, 1.54) is 6.92 Å². The SMILES string of the molecule is CC(=O)N1CC(=O)Nc2ccc(Br)cc2[C@H]1c1cccc(Cl)c1. The van der Waals surface area contributed by atoms with E-state index in [1.807, 2.05) is 36.4 Å². The molecule has 0 aromatic heterocycles. The Hall–Kier alpha value is -1.85. The van der Waals surface area contributed by atoms with Crippen LogP contribution in [0.2, 0.25) is 5.02 Å². The third-order valence-corrected chi connectivity index (χ3v) is 4.51. The maximum Gasteiger partial charge on any atom is 0.244 e. The molecule has 0 aliphatic carbocycles. The Labute approximate surface area is 147 Å². The molecule has 4 nitrogen and oxygen atoms in total. The molecular weight excluding hydrogens is 380 g/mol. The van der Waals surface area contributed by atoms with E-state index in [4.69, 9.17) is 11.6 Å². The molecule has 1 heterocycles. The molecule has 3 rings (SSSR count). The molecule has 0 spiro atoms. The van der Waals surface area contributed by atoms with Gasteiger partial charge >= 0.3 is 0 Å². The molecule has 1 aliphatic rings. The summed E-state index contributed by atoms with van der Waals surface area (Å²) in [7, 11) is 0. The van der Waals surface area contributed by atoms with Gasteiger partial charge in [0.05, 0.1) is 6.04 Å². The van der Waals surface area contributed by atoms with Gasteiger partial charge in [-0.1, -0.05) is 39.7 Å². The monoisotopic (exact) mass is 392 g/mol. The van der Waals surface area contributed by atoms with Gasteiger partial charge in [-0.05, 0) is 35.9 Å². The Kier molecular flexibility index (Phi) is 4.41. The van der Waals surface area contributed by atoms with E-state index >= 15 is 0 Å². The minimum atomic E-state index is -0.377. The highest BCUT2D eigenvalue weighted by Crippen LogP contribution is 2.37. The summed E-state index contributed by atoms with van der Waals surface area (Å²) >= 11 is 9.58. The fourth-order valence-corrected chi connectivity index (χ4v) is 3.38. The van der Waals surface area contributed by atoms with Crippen LogP contribution in [0.1, 0.15) is 24.1 Å². The van der Waals surface area contributed by atoms with E-state index in [0.29, 0.717) is 10.7 Å². The Morgan fingerprint density at radius 1 is 1.30 bits per heavy atom. The van der Waals surface area contributed by atoms with E-state index in [0.717, 1.165) is 15.6 Å². The summed E-state index contributed by atoms with van der Waals surface area (Å²) < 4.78 is 0.878. The Bertz CT molecular complexity index is 794. The van der Waals surface area contributed by atoms with Crippen molar-refractivity contribution in [3.8, 4) is 0 Å². The Morgan fingerprint density at radius 2 is 2.09 bits per heavy atom. The summed E-state index contributed by atoms with van der Waals surface area (Å²) in [5, 5.41) is 3.45. The first-order valence-corrected chi connectivity index (χ1v) is 8.25. The standard InChI is InChI=1S/C17H14BrClN2O2/c1-10(22)21-9-16(23)20-15-6-5-12(18)8-14(15)17(21)11-3-2-4-13(19)7-11/h2-8,17H,9H2,1H3,(H,20,23)/t17-/m1/s1. The predicted octanol–water partition coefficient (Wildman–Crippen LogP) is 3.99. The fraction of sp³-hybridized carbons (Fsp3) is 0.176. The molecule has 0 saturated carbocycles. The highest BCUT2D eigenvalue weighted by atomic mass is 79.9. The van der Waals surface area contributed by atoms with Crippen molar-refractivity contribution in [1.29, 1.82) is 0 Å². The molecule has 0 fully saturated rings. The van der Waals surface area contributed by atoms with E-state index in [1.54, 1.807) is 11.0 Å². The minimum Gasteiger partial charge on any atom is -0.324 e. The number of hydrogen-bond acceptors (Lipinski definition) is 2. The second-order valence-electron chi connectivity index (χ2n) is 5.38. The number of anilines is 1. The quantitative estimate of drug-likeness (QED) is 0.796. The van der Waals surface area contributed by atoms with Gasteiger partial charge in [-0.25, -0.2) is 0 Å². The maximum atomic E-state index is 12.2. The van der Waals surface area contributed by atoms with Gasteiger partial charge in [0, 0.05) is 27.7 Å². The van der Waals surface area contributed by atoms with Crippen molar-refractivity contribution in [2.45, 2.75) is 13.0 Å². The van der Waals surface area contributed by atoms with Crippen LogP contribution in [0.15, 0.2) is 46.9 Å². The molecule has 23 heavy (non-hydrogen) atoms. The number of nitrogens with one attached hydrogen (secondary N) is 1. The lowest BCUT2D eigenvalue weighted by Crippen LogP contribution is -2.37. The van der Waals surface area contributed by atoms with Gasteiger partial charge in [-0.2, -0.15) is 0 Å². The second kappa shape index (κ2) is 6.34. The lowest BCUT2D eigenvalue weighted by molar-refractivity contribution is -0.134. The van der Waals surface area contributed by atoms with Gasteiger partial charge in [-0.3, -0.25) is 9.59 Å². The minimum absolute atomic E-state index is 0.00118. The number of halogens is 2. The number of carbonyl (C=O) groups excluding carboxylic acids is 2. The average molecular weight is 394 g/mol. The molecule has 2 amide bonds. The lowest BCUT2D eigenvalue weighted by Gasteiger charge is -2.29. The van der Waals surface area contributed by atoms with Crippen molar-refractivity contribution in [3.63, 3.8) is 0 Å². The second-order valence-corrected chi connectivity index (χ2v) is 6.74. The van der Waals surface area contributed by atoms with Crippen LogP contribution in [-0.4, -0.2) is 23.3 Å². The van der Waals surface area contributed by atoms with Crippen LogP contribution in [0.3, 0.4) is 0 Å². The predicted molar refractivity (Wildman–Crippen MR) is 93.5 cm³/mol. The van der Waals surface area contributed by atoms with Crippen LogP contribution < -0.4 is 5.32 Å². The first-order valence-electron chi connectivity index (χ1n) is 7.07. The maximum absolute atomic E-state index is 12.2. The zero-order valence-electron chi connectivity index (χ0n) is 12.3. The largest absolute Gasteiger partial charge is 0.324 e. The Balaban J connectivity index is 2.24. The van der Waals surface area contributed by atoms with Crippen molar-refractivity contribution < 1.29 is 9.59 Å². The lowest BCUT2D eigenvalue weighted by atomic mass is 9.96. The highest BCUT2D eigenvalue weighted by molar-refractivity contribution is 9.10. The molecule has 0 saturated heterocycles. The number of amides is 2. The molecule has 0 radical (unpaired) electrons. The van der Waals surface area contributed by atoms with Crippen molar-refractivity contribution in [2.24, 2.45) is 0 Å². The van der Waals surface area contributed by atoms with Gasteiger partial charge in [0.25, 0.3) is 0 Å². The highest BCUT2D eigenvalue weighted by Gasteiger charge is 2.32. The molecule has 118 valence electrons. The Morgan fingerprint density at radius 3 is 2.78 bits per heavy atom. The molecule has 1 aliphatic heterocycles. The van der Waals surface area contributed by atoms with Crippen molar-refractivity contribution in [3.05, 3.63) is 63.1 Å². The van der Waals surface area contributed by atoms with Crippen LogP contribution in [0.25, 0.3) is 0 Å². The van der Waals surface area contributed by atoms with Gasteiger partial charge in [0.1, 0.15) is 6.54 Å². The van der Waals surface area contributed by atoms with Gasteiger partial charge in [-0.15, -0.1) is 0 Å². The van der Waals surface area contributed by atoms with Crippen LogP contribution in [0.4, 0.5) is 5.69 Å². The summed E-state index contributed by atoms with van der Waals surface area (Å²) in [6.07, 6.45) is 0. The molecule has 1 atom stereocenters. The number of fused-ring (bicyclic) bond motifs is 1. The van der Waals surface area contributed by atoms with Crippen molar-refractivity contribution in [2.75, 3.05) is 11.9 Å². The molecule has 0 bridgehead atoms. The molecule has 6 heteroatoms. The zero-order chi connectivity index (χ0) is 16.6. The topological polar surface area (TPSA) is 49.4 Å². The molecule has 0 unspecified atom stereocenters. The van der Waals surface area contributed by atoms with Crippen molar-refractivity contribution >= 4 is 45.0 Å². The smallest absolute Gasteiger partial charge is 0.244 e. The van der Waals surface area contributed by atoms with E-state index < -0.39 is 0 Å². The van der Waals surface area contributed by atoms with Crippen LogP contribution in [0.5, 0.6) is 0 Å². The molecule has 2 aromatic carbocycles. The fourth-order valence-electron chi connectivity index (χ4n) is 2.81. The summed E-state index contributed by atoms with van der Waals surface area (Å²) in [4.78, 5) is 25.9. The molecular formula is C17H14BrClN2O2. The molecule has 1 N–H and O–H groups in total. The number of benzene rings is 2. The van der Waals surface area contributed by atoms with E-state index in [9.17, 15) is 9.59 Å². The van der Waals surface area contributed by atoms with Crippen molar-refractivity contribution in [1.82, 2.24) is 4.90 Å². The van der Waals surface area contributed by atoms with Crippen LogP contribution >= 0.6 is 27.5 Å². The first-order chi connectivity index (χ1) is 11.0. The summed E-state index contributed by atoms with van der Waals surface area (Å²) in [6.45, 7) is 1.46. The third-order valence-electron chi connectivity index (χ3n) is 3.78. The average Bonchev–Trinajstić information content (AvgIpc) is 2.63. The number of hydrogen-bond donors (Lipinski definition) is 1. The first kappa shape index (κ1) is 16.0. The normalized spacial score (nSPS) is 17.3. The van der Waals surface area contributed by atoms with Crippen LogP contribution in [-0.2, 0) is 9.59 Å². The summed E-state index contributed by atoms with van der Waals surface area (Å²) in [5.74, 6) is -0.383. The summed E-state index contributed by atoms with van der Waals surface area (Å²) in [6, 6.07) is 12.6. The summed E-state index contributed by atoms with van der Waals surface area (Å²) in [5.41, 5.74) is 2.41. The third kappa shape index (κ3) is 3.26. The number of rotatable bonds is 1. The zero-order valence-corrected chi connectivity index (χ0v) is 14.7. The molecule has 2 aromatic rings.